The Bertz CT molecular complexity index is 578. The monoisotopic (exact) mass is 284 g/mol. The summed E-state index contributed by atoms with van der Waals surface area (Å²) in [5.41, 5.74) is 5.89. The molecule has 1 rings (SSSR count). The summed E-state index contributed by atoms with van der Waals surface area (Å²) in [6.45, 7) is 3.22. The van der Waals surface area contributed by atoms with Crippen LogP contribution in [-0.2, 0) is 19.4 Å². The van der Waals surface area contributed by atoms with E-state index in [1.54, 1.807) is 12.1 Å². The quantitative estimate of drug-likeness (QED) is 0.778. The van der Waals surface area contributed by atoms with Gasteiger partial charge in [-0.25, -0.2) is 8.42 Å². The minimum Gasteiger partial charge on any atom is -0.368 e. The summed E-state index contributed by atoms with van der Waals surface area (Å²) < 4.78 is 23.9. The predicted octanol–water partition coefficient (Wildman–Crippen LogP) is -0.241. The van der Waals surface area contributed by atoms with Crippen LogP contribution in [0.4, 0.5) is 0 Å². The van der Waals surface area contributed by atoms with Crippen LogP contribution < -0.4 is 11.1 Å². The highest BCUT2D eigenvalue weighted by Gasteiger charge is 2.21. The van der Waals surface area contributed by atoms with Gasteiger partial charge < -0.3 is 11.1 Å². The second-order valence-corrected chi connectivity index (χ2v) is 6.25. The lowest BCUT2D eigenvalue weighted by Gasteiger charge is -2.10. The molecule has 1 aromatic rings. The molecule has 0 heterocycles. The lowest BCUT2D eigenvalue weighted by Crippen LogP contribution is -2.44. The van der Waals surface area contributed by atoms with Gasteiger partial charge in [-0.2, -0.15) is 0 Å². The van der Waals surface area contributed by atoms with E-state index in [9.17, 15) is 18.0 Å². The molecule has 0 radical (unpaired) electrons. The highest BCUT2D eigenvalue weighted by molar-refractivity contribution is 7.92. The van der Waals surface area contributed by atoms with Crippen LogP contribution in [0.15, 0.2) is 29.2 Å². The van der Waals surface area contributed by atoms with Crippen molar-refractivity contribution in [1.82, 2.24) is 5.32 Å². The Kier molecular flexibility index (Phi) is 4.66. The molecule has 0 bridgehead atoms. The topological polar surface area (TPSA) is 106 Å². The molecule has 0 spiro atoms. The maximum absolute atomic E-state index is 11.9. The van der Waals surface area contributed by atoms with Crippen molar-refractivity contribution in [3.8, 4) is 0 Å². The number of hydrogen-bond donors (Lipinski definition) is 2. The summed E-state index contributed by atoms with van der Waals surface area (Å²) in [5.74, 6) is -2.19. The molecule has 0 aliphatic heterocycles. The Balaban J connectivity index is 2.77. The Morgan fingerprint density at radius 1 is 1.26 bits per heavy atom. The zero-order chi connectivity index (χ0) is 14.6. The van der Waals surface area contributed by atoms with Crippen molar-refractivity contribution in [2.24, 2.45) is 5.73 Å². The number of hydrogen-bond acceptors (Lipinski definition) is 4. The van der Waals surface area contributed by atoms with Crippen LogP contribution in [0, 0.1) is 6.92 Å². The number of carbonyl (C=O) groups is 2. The average molecular weight is 284 g/mol. The zero-order valence-electron chi connectivity index (χ0n) is 10.7. The molecule has 0 fully saturated rings. The zero-order valence-corrected chi connectivity index (χ0v) is 11.5. The first-order valence-corrected chi connectivity index (χ1v) is 7.25. The first-order chi connectivity index (χ1) is 8.72. The molecule has 1 atom stereocenters. The Morgan fingerprint density at radius 2 is 1.79 bits per heavy atom. The molecule has 3 N–H and O–H groups in total. The van der Waals surface area contributed by atoms with Crippen molar-refractivity contribution >= 4 is 21.7 Å². The fraction of sp³-hybridized carbons (Fsp3) is 0.333. The van der Waals surface area contributed by atoms with Crippen LogP contribution in [0.2, 0.25) is 0 Å². The van der Waals surface area contributed by atoms with Gasteiger partial charge in [0.05, 0.1) is 4.90 Å². The third-order valence-corrected chi connectivity index (χ3v) is 4.14. The Labute approximate surface area is 111 Å². The van der Waals surface area contributed by atoms with Crippen LogP contribution in [0.3, 0.4) is 0 Å². The first kappa shape index (κ1) is 15.2. The number of nitrogens with two attached hydrogens (primary N) is 1. The molecule has 0 saturated heterocycles. The number of primary amides is 1. The van der Waals surface area contributed by atoms with Gasteiger partial charge in [-0.3, -0.25) is 9.59 Å². The van der Waals surface area contributed by atoms with E-state index in [4.69, 9.17) is 5.73 Å². The third kappa shape index (κ3) is 4.36. The van der Waals surface area contributed by atoms with E-state index in [0.29, 0.717) is 0 Å². The molecular formula is C12H16N2O4S. The summed E-state index contributed by atoms with van der Waals surface area (Å²) >= 11 is 0. The number of carbonyl (C=O) groups excluding carboxylic acids is 2. The molecule has 19 heavy (non-hydrogen) atoms. The lowest BCUT2D eigenvalue weighted by molar-refractivity contribution is -0.125. The van der Waals surface area contributed by atoms with Crippen molar-refractivity contribution in [3.05, 3.63) is 29.8 Å². The SMILES string of the molecule is Cc1ccc(S(=O)(=O)CC(=O)N[C@@H](C)C(N)=O)cc1. The average Bonchev–Trinajstić information content (AvgIpc) is 2.28. The molecule has 7 heteroatoms. The molecular weight excluding hydrogens is 268 g/mol. The molecule has 104 valence electrons. The molecule has 2 amide bonds. The minimum absolute atomic E-state index is 0.0694. The van der Waals surface area contributed by atoms with Gasteiger partial charge in [0.1, 0.15) is 11.8 Å². The van der Waals surface area contributed by atoms with E-state index in [2.05, 4.69) is 5.32 Å². The fourth-order valence-electron chi connectivity index (χ4n) is 1.36. The molecule has 0 aliphatic rings. The first-order valence-electron chi connectivity index (χ1n) is 5.60. The van der Waals surface area contributed by atoms with Crippen molar-refractivity contribution in [3.63, 3.8) is 0 Å². The van der Waals surface area contributed by atoms with Gasteiger partial charge in [0.2, 0.25) is 11.8 Å². The van der Waals surface area contributed by atoms with Gasteiger partial charge in [-0.15, -0.1) is 0 Å². The predicted molar refractivity (Wildman–Crippen MR) is 70.0 cm³/mol. The number of benzene rings is 1. The molecule has 0 aliphatic carbocycles. The summed E-state index contributed by atoms with van der Waals surface area (Å²) in [6.07, 6.45) is 0. The maximum Gasteiger partial charge on any atom is 0.239 e. The van der Waals surface area contributed by atoms with Gasteiger partial charge >= 0.3 is 0 Å². The number of rotatable bonds is 5. The Morgan fingerprint density at radius 3 is 2.26 bits per heavy atom. The second kappa shape index (κ2) is 5.83. The Hall–Kier alpha value is -1.89. The lowest BCUT2D eigenvalue weighted by atomic mass is 10.2. The van der Waals surface area contributed by atoms with Gasteiger partial charge in [0, 0.05) is 0 Å². The highest BCUT2D eigenvalue weighted by atomic mass is 32.2. The molecule has 6 nitrogen and oxygen atoms in total. The van der Waals surface area contributed by atoms with Crippen molar-refractivity contribution < 1.29 is 18.0 Å². The second-order valence-electron chi connectivity index (χ2n) is 4.26. The number of aryl methyl sites for hydroxylation is 1. The van der Waals surface area contributed by atoms with Crippen LogP contribution >= 0.6 is 0 Å². The van der Waals surface area contributed by atoms with Crippen LogP contribution in [0.5, 0.6) is 0 Å². The van der Waals surface area contributed by atoms with Crippen molar-refractivity contribution in [2.45, 2.75) is 24.8 Å². The van der Waals surface area contributed by atoms with Crippen LogP contribution in [0.1, 0.15) is 12.5 Å². The number of nitrogens with one attached hydrogen (secondary N) is 1. The van der Waals surface area contributed by atoms with Gasteiger partial charge in [0.25, 0.3) is 0 Å². The standard InChI is InChI=1S/C12H16N2O4S/c1-8-3-5-10(6-4-8)19(17,18)7-11(15)14-9(2)12(13)16/h3-6,9H,7H2,1-2H3,(H2,13,16)(H,14,15)/t9-/m0/s1. The smallest absolute Gasteiger partial charge is 0.239 e. The number of sulfone groups is 1. The number of amides is 2. The van der Waals surface area contributed by atoms with Crippen molar-refractivity contribution in [1.29, 1.82) is 0 Å². The molecule has 0 aromatic heterocycles. The third-order valence-electron chi connectivity index (χ3n) is 2.51. The van der Waals surface area contributed by atoms with Crippen molar-refractivity contribution in [2.75, 3.05) is 5.75 Å². The van der Waals surface area contributed by atoms with E-state index in [0.717, 1.165) is 5.56 Å². The summed E-state index contributed by atoms with van der Waals surface area (Å²) in [5, 5.41) is 2.22. The van der Waals surface area contributed by atoms with E-state index >= 15 is 0 Å². The molecule has 0 saturated carbocycles. The largest absolute Gasteiger partial charge is 0.368 e. The summed E-state index contributed by atoms with van der Waals surface area (Å²) in [4.78, 5) is 22.4. The van der Waals surface area contributed by atoms with Gasteiger partial charge in [-0.05, 0) is 26.0 Å². The van der Waals surface area contributed by atoms with E-state index in [-0.39, 0.29) is 4.90 Å². The van der Waals surface area contributed by atoms with E-state index < -0.39 is 33.4 Å². The molecule has 0 unspecified atom stereocenters. The summed E-state index contributed by atoms with van der Waals surface area (Å²) in [6, 6.07) is 5.28. The maximum atomic E-state index is 11.9. The van der Waals surface area contributed by atoms with Gasteiger partial charge in [-0.1, -0.05) is 17.7 Å². The molecule has 1 aromatic carbocycles. The highest BCUT2D eigenvalue weighted by Crippen LogP contribution is 2.11. The fourth-order valence-corrected chi connectivity index (χ4v) is 2.50. The normalized spacial score (nSPS) is 12.7. The minimum atomic E-state index is -3.71. The van der Waals surface area contributed by atoms with Crippen LogP contribution in [0.25, 0.3) is 0 Å². The van der Waals surface area contributed by atoms with Crippen LogP contribution in [-0.4, -0.2) is 32.0 Å². The van der Waals surface area contributed by atoms with E-state index in [1.807, 2.05) is 6.92 Å². The van der Waals surface area contributed by atoms with E-state index in [1.165, 1.54) is 19.1 Å². The van der Waals surface area contributed by atoms with Gasteiger partial charge in [0.15, 0.2) is 9.84 Å². The summed E-state index contributed by atoms with van der Waals surface area (Å²) in [7, 11) is -3.71.